The van der Waals surface area contributed by atoms with Crippen LogP contribution in [0.15, 0.2) is 18.2 Å². The Bertz CT molecular complexity index is 754. The monoisotopic (exact) mass is 318 g/mol. The zero-order chi connectivity index (χ0) is 15.7. The largest absolute Gasteiger partial charge is 0.486 e. The van der Waals surface area contributed by atoms with Crippen LogP contribution in [-0.4, -0.2) is 29.9 Å². The van der Waals surface area contributed by atoms with E-state index < -0.39 is 0 Å². The molecule has 1 N–H and O–H groups in total. The van der Waals surface area contributed by atoms with Crippen molar-refractivity contribution in [3.8, 4) is 11.5 Å². The summed E-state index contributed by atoms with van der Waals surface area (Å²) in [4.78, 5) is 28.4. The van der Waals surface area contributed by atoms with E-state index in [-0.39, 0.29) is 11.7 Å². The van der Waals surface area contributed by atoms with Crippen LogP contribution in [0.25, 0.3) is 0 Å². The predicted octanol–water partition coefficient (Wildman–Crippen LogP) is 2.68. The summed E-state index contributed by atoms with van der Waals surface area (Å²) in [6.07, 6.45) is 0. The molecule has 0 aliphatic carbocycles. The number of hydrogen-bond acceptors (Lipinski definition) is 6. The first kappa shape index (κ1) is 14.5. The summed E-state index contributed by atoms with van der Waals surface area (Å²) < 4.78 is 10.9. The van der Waals surface area contributed by atoms with Gasteiger partial charge in [0.05, 0.1) is 10.6 Å². The van der Waals surface area contributed by atoms with Gasteiger partial charge in [0, 0.05) is 12.5 Å². The van der Waals surface area contributed by atoms with Crippen molar-refractivity contribution < 1.29 is 19.1 Å². The van der Waals surface area contributed by atoms with Crippen LogP contribution in [0.4, 0.5) is 5.13 Å². The molecular weight excluding hydrogens is 304 g/mol. The van der Waals surface area contributed by atoms with Crippen LogP contribution in [0.5, 0.6) is 11.5 Å². The van der Waals surface area contributed by atoms with Gasteiger partial charge >= 0.3 is 0 Å². The molecule has 2 heterocycles. The number of anilines is 1. The van der Waals surface area contributed by atoms with Gasteiger partial charge in [-0.3, -0.25) is 14.9 Å². The van der Waals surface area contributed by atoms with Crippen LogP contribution in [0.2, 0.25) is 0 Å². The molecule has 1 aromatic heterocycles. The van der Waals surface area contributed by atoms with Crippen LogP contribution in [0.3, 0.4) is 0 Å². The average Bonchev–Trinajstić information content (AvgIpc) is 2.87. The molecule has 1 aromatic carbocycles. The Kier molecular flexibility index (Phi) is 3.81. The van der Waals surface area contributed by atoms with E-state index in [1.165, 1.54) is 18.3 Å². The van der Waals surface area contributed by atoms with Gasteiger partial charge in [0.2, 0.25) is 0 Å². The van der Waals surface area contributed by atoms with Crippen LogP contribution < -0.4 is 14.8 Å². The number of carbonyl (C=O) groups is 2. The third-order valence-electron chi connectivity index (χ3n) is 3.14. The highest BCUT2D eigenvalue weighted by Crippen LogP contribution is 2.31. The molecule has 114 valence electrons. The number of nitrogens with zero attached hydrogens (tertiary/aromatic N) is 1. The number of rotatable bonds is 3. The smallest absolute Gasteiger partial charge is 0.257 e. The fourth-order valence-corrected chi connectivity index (χ4v) is 2.99. The van der Waals surface area contributed by atoms with Gasteiger partial charge in [-0.1, -0.05) is 11.3 Å². The Labute approximate surface area is 131 Å². The minimum atomic E-state index is -0.305. The number of amides is 1. The summed E-state index contributed by atoms with van der Waals surface area (Å²) in [6.45, 7) is 4.19. The van der Waals surface area contributed by atoms with Crippen LogP contribution in [0.1, 0.15) is 32.6 Å². The molecule has 0 saturated heterocycles. The second-order valence-electron chi connectivity index (χ2n) is 4.80. The lowest BCUT2D eigenvalue weighted by atomic mass is 10.2. The number of aryl methyl sites for hydroxylation is 1. The molecule has 0 bridgehead atoms. The maximum atomic E-state index is 12.3. The van der Waals surface area contributed by atoms with Gasteiger partial charge in [-0.15, -0.1) is 0 Å². The van der Waals surface area contributed by atoms with Gasteiger partial charge < -0.3 is 9.47 Å². The van der Waals surface area contributed by atoms with Crippen LogP contribution in [-0.2, 0) is 0 Å². The van der Waals surface area contributed by atoms with Crippen molar-refractivity contribution in [1.82, 2.24) is 4.98 Å². The van der Waals surface area contributed by atoms with E-state index in [1.54, 1.807) is 25.1 Å². The number of benzene rings is 1. The topological polar surface area (TPSA) is 77.5 Å². The first-order valence-corrected chi connectivity index (χ1v) is 7.55. The Hall–Kier alpha value is -2.41. The molecule has 22 heavy (non-hydrogen) atoms. The van der Waals surface area contributed by atoms with E-state index in [0.29, 0.717) is 46.0 Å². The summed E-state index contributed by atoms with van der Waals surface area (Å²) in [7, 11) is 0. The molecule has 0 unspecified atom stereocenters. The molecule has 2 aromatic rings. The molecule has 0 fully saturated rings. The standard InChI is InChI=1S/C15H14N2O4S/c1-8-13(9(2)18)22-15(16-8)17-14(19)10-3-4-11-12(7-10)21-6-5-20-11/h3-4,7H,5-6H2,1-2H3,(H,16,17,19). The van der Waals surface area contributed by atoms with Crippen molar-refractivity contribution in [1.29, 1.82) is 0 Å². The van der Waals surface area contributed by atoms with Gasteiger partial charge in [0.25, 0.3) is 5.91 Å². The number of hydrogen-bond donors (Lipinski definition) is 1. The molecule has 1 amide bonds. The maximum absolute atomic E-state index is 12.3. The number of thiazole rings is 1. The first-order valence-electron chi connectivity index (χ1n) is 6.74. The molecule has 1 aliphatic heterocycles. The number of fused-ring (bicyclic) bond motifs is 1. The Morgan fingerprint density at radius 1 is 1.23 bits per heavy atom. The second-order valence-corrected chi connectivity index (χ2v) is 5.80. The lowest BCUT2D eigenvalue weighted by Crippen LogP contribution is -2.17. The summed E-state index contributed by atoms with van der Waals surface area (Å²) in [5.41, 5.74) is 1.07. The molecule has 0 spiro atoms. The second kappa shape index (κ2) is 5.76. The first-order chi connectivity index (χ1) is 10.5. The van der Waals surface area contributed by atoms with Gasteiger partial charge in [0.1, 0.15) is 13.2 Å². The normalized spacial score (nSPS) is 12.8. The highest BCUT2D eigenvalue weighted by atomic mass is 32.1. The molecule has 0 atom stereocenters. The fourth-order valence-electron chi connectivity index (χ4n) is 2.13. The highest BCUT2D eigenvalue weighted by molar-refractivity contribution is 7.17. The van der Waals surface area contributed by atoms with Gasteiger partial charge in [-0.2, -0.15) is 0 Å². The average molecular weight is 318 g/mol. The molecule has 3 rings (SSSR count). The molecule has 0 radical (unpaired) electrons. The van der Waals surface area contributed by atoms with Crippen molar-refractivity contribution in [3.63, 3.8) is 0 Å². The molecule has 1 aliphatic rings. The molecule has 0 saturated carbocycles. The predicted molar refractivity (Wildman–Crippen MR) is 82.2 cm³/mol. The van der Waals surface area contributed by atoms with Crippen molar-refractivity contribution in [3.05, 3.63) is 34.3 Å². The van der Waals surface area contributed by atoms with E-state index in [4.69, 9.17) is 9.47 Å². The minimum Gasteiger partial charge on any atom is -0.486 e. The molecule has 6 nitrogen and oxygen atoms in total. The number of nitrogens with one attached hydrogen (secondary N) is 1. The zero-order valence-corrected chi connectivity index (χ0v) is 13.0. The Morgan fingerprint density at radius 3 is 2.64 bits per heavy atom. The van der Waals surface area contributed by atoms with Gasteiger partial charge in [-0.25, -0.2) is 4.98 Å². The Balaban J connectivity index is 1.80. The third-order valence-corrected chi connectivity index (χ3v) is 4.31. The lowest BCUT2D eigenvalue weighted by Gasteiger charge is -2.18. The minimum absolute atomic E-state index is 0.0603. The molecule has 7 heteroatoms. The van der Waals surface area contributed by atoms with Gasteiger partial charge in [-0.05, 0) is 25.1 Å². The van der Waals surface area contributed by atoms with Crippen molar-refractivity contribution in [2.24, 2.45) is 0 Å². The summed E-state index contributed by atoms with van der Waals surface area (Å²) in [5, 5.41) is 3.11. The van der Waals surface area contributed by atoms with Crippen LogP contribution in [0, 0.1) is 6.92 Å². The number of aromatic nitrogens is 1. The number of Topliss-reactive ketones (excluding diaryl/α,β-unsaturated/α-hetero) is 1. The quantitative estimate of drug-likeness (QED) is 0.880. The highest BCUT2D eigenvalue weighted by Gasteiger charge is 2.17. The van der Waals surface area contributed by atoms with Crippen molar-refractivity contribution in [2.75, 3.05) is 18.5 Å². The van der Waals surface area contributed by atoms with Crippen molar-refractivity contribution in [2.45, 2.75) is 13.8 Å². The number of ether oxygens (including phenoxy) is 2. The third kappa shape index (κ3) is 2.80. The van der Waals surface area contributed by atoms with Crippen molar-refractivity contribution >= 4 is 28.2 Å². The van der Waals surface area contributed by atoms with Crippen LogP contribution >= 0.6 is 11.3 Å². The number of ketones is 1. The van der Waals surface area contributed by atoms with E-state index >= 15 is 0 Å². The maximum Gasteiger partial charge on any atom is 0.257 e. The van der Waals surface area contributed by atoms with E-state index in [0.717, 1.165) is 0 Å². The summed E-state index contributed by atoms with van der Waals surface area (Å²) >= 11 is 1.17. The lowest BCUT2D eigenvalue weighted by molar-refractivity contribution is 0.101. The molecular formula is C15H14N2O4S. The summed E-state index contributed by atoms with van der Waals surface area (Å²) in [6, 6.07) is 5.00. The Morgan fingerprint density at radius 2 is 1.95 bits per heavy atom. The zero-order valence-electron chi connectivity index (χ0n) is 12.1. The summed E-state index contributed by atoms with van der Waals surface area (Å²) in [5.74, 6) is 0.820. The van der Waals surface area contributed by atoms with E-state index in [9.17, 15) is 9.59 Å². The van der Waals surface area contributed by atoms with Gasteiger partial charge in [0.15, 0.2) is 22.4 Å². The number of carbonyl (C=O) groups excluding carboxylic acids is 2. The SMILES string of the molecule is CC(=O)c1sc(NC(=O)c2ccc3c(c2)OCCO3)nc1C. The fraction of sp³-hybridized carbons (Fsp3) is 0.267. The van der Waals surface area contributed by atoms with E-state index in [1.807, 2.05) is 0 Å². The van der Waals surface area contributed by atoms with E-state index in [2.05, 4.69) is 10.3 Å².